The topological polar surface area (TPSA) is 59.9 Å². The Hall–Kier alpha value is -1.40. The summed E-state index contributed by atoms with van der Waals surface area (Å²) in [7, 11) is 1.59. The molecule has 0 unspecified atom stereocenters. The van der Waals surface area contributed by atoms with E-state index in [9.17, 15) is 0 Å². The molecule has 15 heavy (non-hydrogen) atoms. The lowest BCUT2D eigenvalue weighted by molar-refractivity contribution is 0.417. The Morgan fingerprint density at radius 1 is 1.47 bits per heavy atom. The molecule has 1 N–H and O–H groups in total. The Kier molecular flexibility index (Phi) is 2.98. The molecule has 1 aromatic carbocycles. The van der Waals surface area contributed by atoms with Crippen LogP contribution in [0.2, 0.25) is 5.02 Å². The van der Waals surface area contributed by atoms with Gasteiger partial charge in [0.05, 0.1) is 12.8 Å². The van der Waals surface area contributed by atoms with Crippen molar-refractivity contribution in [1.29, 1.82) is 0 Å². The average molecular weight is 243 g/mol. The van der Waals surface area contributed by atoms with Crippen LogP contribution in [0, 0.1) is 0 Å². The first-order valence-corrected chi connectivity index (χ1v) is 5.20. The molecule has 1 heterocycles. The third-order valence-corrected chi connectivity index (χ3v) is 2.45. The van der Waals surface area contributed by atoms with Crippen LogP contribution in [0.5, 0.6) is 5.75 Å². The number of anilines is 2. The molecule has 5 nitrogen and oxygen atoms in total. The zero-order valence-electron chi connectivity index (χ0n) is 7.77. The van der Waals surface area contributed by atoms with Gasteiger partial charge in [0, 0.05) is 16.6 Å². The molecule has 0 aliphatic heterocycles. The highest BCUT2D eigenvalue weighted by atomic mass is 35.5. The van der Waals surface area contributed by atoms with Gasteiger partial charge < -0.3 is 10.1 Å². The van der Waals surface area contributed by atoms with Gasteiger partial charge in [0.1, 0.15) is 5.75 Å². The van der Waals surface area contributed by atoms with Gasteiger partial charge in [0.2, 0.25) is 5.13 Å². The van der Waals surface area contributed by atoms with E-state index in [0.29, 0.717) is 15.9 Å². The minimum Gasteiger partial charge on any atom is -0.495 e. The molecule has 0 saturated carbocycles. The maximum Gasteiger partial charge on any atom is 0.229 e. The van der Waals surface area contributed by atoms with Crippen molar-refractivity contribution in [3.8, 4) is 5.75 Å². The molecule has 2 rings (SSSR count). The number of aromatic nitrogens is 3. The van der Waals surface area contributed by atoms with Gasteiger partial charge in [-0.2, -0.15) is 0 Å². The Morgan fingerprint density at radius 3 is 3.00 bits per heavy atom. The van der Waals surface area contributed by atoms with E-state index in [1.807, 2.05) is 0 Å². The third-order valence-electron chi connectivity index (χ3n) is 1.70. The molecule has 0 radical (unpaired) electrons. The summed E-state index contributed by atoms with van der Waals surface area (Å²) in [6, 6.07) is 5.28. The van der Waals surface area contributed by atoms with Crippen LogP contribution in [0.3, 0.4) is 0 Å². The zero-order valence-corrected chi connectivity index (χ0v) is 9.34. The molecule has 0 amide bonds. The predicted molar refractivity (Wildman–Crippen MR) is 59.0 cm³/mol. The Labute approximate surface area is 95.2 Å². The minimum absolute atomic E-state index is 0.593. The summed E-state index contributed by atoms with van der Waals surface area (Å²) in [6.07, 6.45) is 0. The fourth-order valence-electron chi connectivity index (χ4n) is 1.07. The van der Waals surface area contributed by atoms with Gasteiger partial charge >= 0.3 is 0 Å². The van der Waals surface area contributed by atoms with Gasteiger partial charge in [0.15, 0.2) is 0 Å². The van der Waals surface area contributed by atoms with Crippen LogP contribution in [-0.4, -0.2) is 21.9 Å². The van der Waals surface area contributed by atoms with Crippen molar-refractivity contribution < 1.29 is 4.74 Å². The lowest BCUT2D eigenvalue weighted by atomic mass is 10.3. The molecule has 1 aromatic heterocycles. The predicted octanol–water partition coefficient (Wildman–Crippen LogP) is 2.34. The second-order valence-corrected chi connectivity index (χ2v) is 3.81. The van der Waals surface area contributed by atoms with E-state index in [4.69, 9.17) is 16.3 Å². The highest BCUT2D eigenvalue weighted by molar-refractivity contribution is 7.09. The maximum absolute atomic E-state index is 5.87. The molecule has 7 heteroatoms. The van der Waals surface area contributed by atoms with E-state index in [1.54, 1.807) is 25.3 Å². The van der Waals surface area contributed by atoms with E-state index >= 15 is 0 Å². The largest absolute Gasteiger partial charge is 0.495 e. The van der Waals surface area contributed by atoms with Crippen LogP contribution in [0.4, 0.5) is 10.8 Å². The molecule has 0 aliphatic rings. The summed E-state index contributed by atoms with van der Waals surface area (Å²) >= 11 is 7.03. The highest BCUT2D eigenvalue weighted by Gasteiger charge is 2.06. The summed E-state index contributed by atoms with van der Waals surface area (Å²) in [5.74, 6) is 0.689. The minimum atomic E-state index is 0.593. The summed E-state index contributed by atoms with van der Waals surface area (Å²) in [4.78, 5) is 0. The molecule has 78 valence electrons. The number of rotatable bonds is 3. The van der Waals surface area contributed by atoms with E-state index in [2.05, 4.69) is 20.1 Å². The standard InChI is InChI=1S/C8H7ClN4OS/c1-14-7-3-2-5(9)4-6(7)10-8-11-12-13-15-8/h2-4H,1H3,(H,10,11,13). The molecular formula is C8H7ClN4OS. The quantitative estimate of drug-likeness (QED) is 0.895. The number of halogens is 1. The SMILES string of the molecule is COc1ccc(Cl)cc1Nc1nnns1. The summed E-state index contributed by atoms with van der Waals surface area (Å²) in [5, 5.41) is 11.5. The van der Waals surface area contributed by atoms with Crippen LogP contribution < -0.4 is 10.1 Å². The van der Waals surface area contributed by atoms with E-state index < -0.39 is 0 Å². The summed E-state index contributed by atoms with van der Waals surface area (Å²) in [6.45, 7) is 0. The lowest BCUT2D eigenvalue weighted by Crippen LogP contribution is -1.94. The summed E-state index contributed by atoms with van der Waals surface area (Å²) in [5.41, 5.74) is 0.739. The molecule has 0 bridgehead atoms. The Balaban J connectivity index is 2.30. The van der Waals surface area contributed by atoms with Gasteiger partial charge in [0.25, 0.3) is 0 Å². The van der Waals surface area contributed by atoms with Crippen LogP contribution in [-0.2, 0) is 0 Å². The van der Waals surface area contributed by atoms with Crippen LogP contribution in [0.1, 0.15) is 0 Å². The van der Waals surface area contributed by atoms with Crippen molar-refractivity contribution in [2.45, 2.75) is 0 Å². The second-order valence-electron chi connectivity index (χ2n) is 2.64. The molecular weight excluding hydrogens is 236 g/mol. The smallest absolute Gasteiger partial charge is 0.229 e. The number of nitrogens with one attached hydrogen (secondary N) is 1. The van der Waals surface area contributed by atoms with Crippen LogP contribution >= 0.6 is 23.1 Å². The lowest BCUT2D eigenvalue weighted by Gasteiger charge is -2.08. The van der Waals surface area contributed by atoms with Gasteiger partial charge in [-0.05, 0) is 23.4 Å². The Morgan fingerprint density at radius 2 is 2.33 bits per heavy atom. The third kappa shape index (κ3) is 2.34. The Bertz CT molecular complexity index is 448. The first kappa shape index (κ1) is 10.1. The fraction of sp³-hybridized carbons (Fsp3) is 0.125. The van der Waals surface area contributed by atoms with Crippen molar-refractivity contribution in [2.24, 2.45) is 0 Å². The van der Waals surface area contributed by atoms with Gasteiger partial charge in [-0.1, -0.05) is 21.2 Å². The van der Waals surface area contributed by atoms with Crippen LogP contribution in [0.25, 0.3) is 0 Å². The monoisotopic (exact) mass is 242 g/mol. The molecule has 0 spiro atoms. The van der Waals surface area contributed by atoms with Crippen molar-refractivity contribution in [3.05, 3.63) is 23.2 Å². The fourth-order valence-corrected chi connectivity index (χ4v) is 1.63. The number of hydrogen-bond acceptors (Lipinski definition) is 6. The number of ether oxygens (including phenoxy) is 1. The second kappa shape index (κ2) is 4.41. The molecule has 0 aliphatic carbocycles. The van der Waals surface area contributed by atoms with Crippen molar-refractivity contribution in [1.82, 2.24) is 14.8 Å². The summed E-state index contributed by atoms with van der Waals surface area (Å²) < 4.78 is 8.80. The van der Waals surface area contributed by atoms with Gasteiger partial charge in [-0.15, -0.1) is 0 Å². The van der Waals surface area contributed by atoms with Crippen LogP contribution in [0.15, 0.2) is 18.2 Å². The normalized spacial score (nSPS) is 10.0. The van der Waals surface area contributed by atoms with Gasteiger partial charge in [-0.25, -0.2) is 0 Å². The number of methoxy groups -OCH3 is 1. The molecule has 0 atom stereocenters. The number of nitrogens with zero attached hydrogens (tertiary/aromatic N) is 3. The van der Waals surface area contributed by atoms with Crippen molar-refractivity contribution in [3.63, 3.8) is 0 Å². The highest BCUT2D eigenvalue weighted by Crippen LogP contribution is 2.30. The average Bonchev–Trinajstić information content (AvgIpc) is 2.71. The zero-order chi connectivity index (χ0) is 10.7. The first-order chi connectivity index (χ1) is 7.29. The molecule has 0 fully saturated rings. The maximum atomic E-state index is 5.87. The molecule has 0 saturated heterocycles. The van der Waals surface area contributed by atoms with E-state index in [1.165, 1.54) is 0 Å². The number of benzene rings is 1. The van der Waals surface area contributed by atoms with E-state index in [0.717, 1.165) is 17.2 Å². The number of hydrogen-bond donors (Lipinski definition) is 1. The first-order valence-electron chi connectivity index (χ1n) is 4.05. The molecule has 2 aromatic rings. The van der Waals surface area contributed by atoms with Crippen molar-refractivity contribution in [2.75, 3.05) is 12.4 Å². The van der Waals surface area contributed by atoms with Crippen molar-refractivity contribution >= 4 is 34.0 Å². The van der Waals surface area contributed by atoms with E-state index in [-0.39, 0.29) is 0 Å². The van der Waals surface area contributed by atoms with Gasteiger partial charge in [-0.3, -0.25) is 0 Å².